The van der Waals surface area contributed by atoms with Crippen molar-refractivity contribution in [3.05, 3.63) is 29.8 Å². The summed E-state index contributed by atoms with van der Waals surface area (Å²) >= 11 is 0. The van der Waals surface area contributed by atoms with Gasteiger partial charge in [-0.15, -0.1) is 0 Å². The van der Waals surface area contributed by atoms with Gasteiger partial charge in [0.05, 0.1) is 11.4 Å². The van der Waals surface area contributed by atoms with Gasteiger partial charge in [-0.05, 0) is 19.0 Å². The third kappa shape index (κ3) is 1.50. The molecule has 2 aromatic heterocycles. The molecule has 2 aromatic rings. The highest BCUT2D eigenvalue weighted by Gasteiger charge is 2.20. The minimum atomic E-state index is 0.839. The van der Waals surface area contributed by atoms with Crippen molar-refractivity contribution >= 4 is 5.78 Å². The van der Waals surface area contributed by atoms with E-state index >= 15 is 0 Å². The van der Waals surface area contributed by atoms with E-state index in [1.807, 2.05) is 6.07 Å². The van der Waals surface area contributed by atoms with Crippen LogP contribution in [0.2, 0.25) is 0 Å². The highest BCUT2D eigenvalue weighted by molar-refractivity contribution is 5.36. The summed E-state index contributed by atoms with van der Waals surface area (Å²) in [7, 11) is 0. The topological polar surface area (TPSA) is 33.4 Å². The van der Waals surface area contributed by atoms with Crippen LogP contribution in [0.15, 0.2) is 18.5 Å². The van der Waals surface area contributed by atoms with Crippen LogP contribution in [-0.2, 0) is 13.0 Å². The molecule has 0 saturated carbocycles. The fourth-order valence-electron chi connectivity index (χ4n) is 2.41. The largest absolute Gasteiger partial charge is 0.297 e. The smallest absolute Gasteiger partial charge is 0.234 e. The zero-order valence-corrected chi connectivity index (χ0v) is 9.56. The van der Waals surface area contributed by atoms with Crippen molar-refractivity contribution in [2.45, 2.75) is 26.3 Å². The predicted molar refractivity (Wildman–Crippen MR) is 62.3 cm³/mol. The fraction of sp³-hybridized carbons (Fsp3) is 0.500. The molecule has 1 aliphatic rings. The van der Waals surface area contributed by atoms with Gasteiger partial charge >= 0.3 is 0 Å². The minimum Gasteiger partial charge on any atom is -0.297 e. The Morgan fingerprint density at radius 3 is 3.25 bits per heavy atom. The van der Waals surface area contributed by atoms with Crippen LogP contribution in [0.25, 0.3) is 5.78 Å². The van der Waals surface area contributed by atoms with Gasteiger partial charge in [0.25, 0.3) is 0 Å². The molecular formula is C12H16N4. The van der Waals surface area contributed by atoms with E-state index in [0.29, 0.717) is 0 Å². The minimum absolute atomic E-state index is 0.839. The van der Waals surface area contributed by atoms with Gasteiger partial charge in [-0.25, -0.2) is 9.97 Å². The Morgan fingerprint density at radius 1 is 1.44 bits per heavy atom. The van der Waals surface area contributed by atoms with E-state index in [-0.39, 0.29) is 0 Å². The van der Waals surface area contributed by atoms with Crippen molar-refractivity contribution in [1.29, 1.82) is 0 Å². The first-order valence-electron chi connectivity index (χ1n) is 5.91. The molecule has 4 nitrogen and oxygen atoms in total. The lowest BCUT2D eigenvalue weighted by Crippen LogP contribution is -2.31. The van der Waals surface area contributed by atoms with Gasteiger partial charge in [0, 0.05) is 31.9 Å². The van der Waals surface area contributed by atoms with E-state index in [1.54, 1.807) is 6.20 Å². The number of hydrogen-bond donors (Lipinski definition) is 0. The van der Waals surface area contributed by atoms with Gasteiger partial charge in [0.1, 0.15) is 0 Å². The zero-order chi connectivity index (χ0) is 11.0. The Kier molecular flexibility index (Phi) is 2.36. The van der Waals surface area contributed by atoms with Gasteiger partial charge < -0.3 is 0 Å². The zero-order valence-electron chi connectivity index (χ0n) is 9.56. The van der Waals surface area contributed by atoms with Gasteiger partial charge in [0.15, 0.2) is 0 Å². The summed E-state index contributed by atoms with van der Waals surface area (Å²) in [6.45, 7) is 5.54. The summed E-state index contributed by atoms with van der Waals surface area (Å²) in [5.74, 6) is 0.839. The average molecular weight is 216 g/mol. The van der Waals surface area contributed by atoms with Crippen LogP contribution in [0.4, 0.5) is 0 Å². The van der Waals surface area contributed by atoms with Crippen LogP contribution in [0.3, 0.4) is 0 Å². The summed E-state index contributed by atoms with van der Waals surface area (Å²) in [6.07, 6.45) is 6.13. The second kappa shape index (κ2) is 3.87. The summed E-state index contributed by atoms with van der Waals surface area (Å²) in [5.41, 5.74) is 2.55. The molecule has 0 aliphatic carbocycles. The van der Waals surface area contributed by atoms with Crippen molar-refractivity contribution in [2.75, 3.05) is 13.1 Å². The highest BCUT2D eigenvalue weighted by atomic mass is 15.2. The quantitative estimate of drug-likeness (QED) is 0.762. The Labute approximate surface area is 94.9 Å². The molecule has 0 N–H and O–H groups in total. The first-order valence-corrected chi connectivity index (χ1v) is 5.91. The van der Waals surface area contributed by atoms with Crippen molar-refractivity contribution < 1.29 is 0 Å². The molecule has 16 heavy (non-hydrogen) atoms. The van der Waals surface area contributed by atoms with E-state index in [1.165, 1.54) is 24.4 Å². The molecule has 3 heterocycles. The normalized spacial score (nSPS) is 16.6. The van der Waals surface area contributed by atoms with Crippen molar-refractivity contribution in [3.8, 4) is 0 Å². The van der Waals surface area contributed by atoms with E-state index in [2.05, 4.69) is 32.4 Å². The van der Waals surface area contributed by atoms with Gasteiger partial charge in [0.2, 0.25) is 5.78 Å². The standard InChI is InChI=1S/C12H16N4/c1-2-6-15-8-4-10-11(9-15)16-7-3-5-13-12(16)14-10/h3,5,7H,2,4,6,8-9H2,1H3. The lowest BCUT2D eigenvalue weighted by atomic mass is 10.1. The molecule has 0 fully saturated rings. The van der Waals surface area contributed by atoms with Crippen LogP contribution in [0.5, 0.6) is 0 Å². The Bertz CT molecular complexity index is 503. The van der Waals surface area contributed by atoms with Crippen LogP contribution in [0, 0.1) is 0 Å². The number of aromatic nitrogens is 3. The van der Waals surface area contributed by atoms with Crippen LogP contribution in [0.1, 0.15) is 24.7 Å². The van der Waals surface area contributed by atoms with E-state index in [4.69, 9.17) is 0 Å². The third-order valence-corrected chi connectivity index (χ3v) is 3.16. The maximum Gasteiger partial charge on any atom is 0.234 e. The Balaban J connectivity index is 2.01. The van der Waals surface area contributed by atoms with Crippen molar-refractivity contribution in [1.82, 2.24) is 19.3 Å². The molecular weight excluding hydrogens is 200 g/mol. The molecule has 1 aliphatic heterocycles. The molecule has 3 rings (SSSR count). The lowest BCUT2D eigenvalue weighted by molar-refractivity contribution is 0.249. The average Bonchev–Trinajstić information content (AvgIpc) is 2.68. The Hall–Kier alpha value is -1.42. The molecule has 0 unspecified atom stereocenters. The number of imidazole rings is 1. The number of rotatable bonds is 2. The first kappa shape index (κ1) is 9.78. The number of fused-ring (bicyclic) bond motifs is 3. The maximum absolute atomic E-state index is 4.57. The molecule has 0 bridgehead atoms. The van der Waals surface area contributed by atoms with Crippen LogP contribution in [-0.4, -0.2) is 32.4 Å². The highest BCUT2D eigenvalue weighted by Crippen LogP contribution is 2.19. The monoisotopic (exact) mass is 216 g/mol. The molecule has 0 spiro atoms. The second-order valence-electron chi connectivity index (χ2n) is 4.32. The summed E-state index contributed by atoms with van der Waals surface area (Å²) in [5, 5.41) is 0. The van der Waals surface area contributed by atoms with Gasteiger partial charge in [-0.3, -0.25) is 9.30 Å². The first-order chi connectivity index (χ1) is 7.88. The van der Waals surface area contributed by atoms with Crippen molar-refractivity contribution in [2.24, 2.45) is 0 Å². The molecule has 84 valence electrons. The lowest BCUT2D eigenvalue weighted by Gasteiger charge is -2.25. The van der Waals surface area contributed by atoms with Crippen LogP contribution < -0.4 is 0 Å². The van der Waals surface area contributed by atoms with Gasteiger partial charge in [-0.1, -0.05) is 6.92 Å². The fourth-order valence-corrected chi connectivity index (χ4v) is 2.41. The maximum atomic E-state index is 4.57. The second-order valence-corrected chi connectivity index (χ2v) is 4.32. The molecule has 0 atom stereocenters. The molecule has 4 heteroatoms. The SMILES string of the molecule is CCCN1CCc2nc3ncccn3c2C1. The molecule has 0 amide bonds. The number of nitrogens with zero attached hydrogens (tertiary/aromatic N) is 4. The summed E-state index contributed by atoms with van der Waals surface area (Å²) < 4.78 is 2.12. The predicted octanol–water partition coefficient (Wildman–Crippen LogP) is 1.50. The van der Waals surface area contributed by atoms with Crippen molar-refractivity contribution in [3.63, 3.8) is 0 Å². The van der Waals surface area contributed by atoms with E-state index in [0.717, 1.165) is 25.3 Å². The van der Waals surface area contributed by atoms with Gasteiger partial charge in [-0.2, -0.15) is 0 Å². The van der Waals surface area contributed by atoms with Crippen LogP contribution >= 0.6 is 0 Å². The number of hydrogen-bond acceptors (Lipinski definition) is 3. The molecule has 0 aromatic carbocycles. The molecule has 0 saturated heterocycles. The Morgan fingerprint density at radius 2 is 2.38 bits per heavy atom. The summed E-state index contributed by atoms with van der Waals surface area (Å²) in [4.78, 5) is 11.4. The van der Waals surface area contributed by atoms with E-state index in [9.17, 15) is 0 Å². The third-order valence-electron chi connectivity index (χ3n) is 3.16. The molecule has 0 radical (unpaired) electrons. The summed E-state index contributed by atoms with van der Waals surface area (Å²) in [6, 6.07) is 1.97. The van der Waals surface area contributed by atoms with E-state index < -0.39 is 0 Å².